The lowest BCUT2D eigenvalue weighted by molar-refractivity contribution is -0.115. The fraction of sp³-hybridized carbons (Fsp3) is 0.300. The van der Waals surface area contributed by atoms with Gasteiger partial charge in [-0.2, -0.15) is 0 Å². The number of fused-ring (bicyclic) bond motifs is 1. The predicted molar refractivity (Wildman–Crippen MR) is 60.8 cm³/mol. The fourth-order valence-electron chi connectivity index (χ4n) is 1.48. The highest BCUT2D eigenvalue weighted by Gasteiger charge is 2.36. The topological polar surface area (TPSA) is 32.8 Å². The first-order chi connectivity index (χ1) is 7.11. The average molecular weight is 224 g/mol. The first-order valence-electron chi connectivity index (χ1n) is 4.66. The van der Waals surface area contributed by atoms with Crippen LogP contribution in [0.25, 0.3) is 0 Å². The van der Waals surface area contributed by atoms with Crippen LogP contribution in [0.4, 0.5) is 5.69 Å². The lowest BCUT2D eigenvalue weighted by Gasteiger charge is -2.24. The molecule has 0 bridgehead atoms. The van der Waals surface area contributed by atoms with Crippen molar-refractivity contribution < 1.29 is 9.32 Å². The van der Waals surface area contributed by atoms with Gasteiger partial charge in [-0.1, -0.05) is 12.1 Å². The molecule has 80 valence electrons. The number of para-hydroxylation sites is 2. The van der Waals surface area contributed by atoms with Crippen molar-refractivity contribution >= 4 is 20.0 Å². The molecule has 1 amide bonds. The lowest BCUT2D eigenvalue weighted by atomic mass is 10.3. The molecule has 0 fully saturated rings. The molecule has 2 rings (SSSR count). The van der Waals surface area contributed by atoms with E-state index in [1.165, 1.54) is 0 Å². The van der Waals surface area contributed by atoms with E-state index in [0.29, 0.717) is 0 Å². The molecule has 0 spiro atoms. The summed E-state index contributed by atoms with van der Waals surface area (Å²) < 4.78 is 9.38. The van der Waals surface area contributed by atoms with Gasteiger partial charge in [0.25, 0.3) is 8.45 Å². The van der Waals surface area contributed by atoms with Gasteiger partial charge in [-0.15, -0.1) is 0 Å². The lowest BCUT2D eigenvalue weighted by Crippen LogP contribution is -2.26. The number of hydrogen-bond donors (Lipinski definition) is 0. The van der Waals surface area contributed by atoms with Gasteiger partial charge >= 0.3 is 0 Å². The molecular formula is C10H13N2O2P. The SMILES string of the molecule is CC(=O)N1c2ccccc2OP1N(C)C. The maximum Gasteiger partial charge on any atom is 0.285 e. The quantitative estimate of drug-likeness (QED) is 0.686. The zero-order valence-corrected chi connectivity index (χ0v) is 9.86. The molecule has 0 aliphatic carbocycles. The molecule has 1 aliphatic heterocycles. The Balaban J connectivity index is 2.42. The third-order valence-corrected chi connectivity index (χ3v) is 3.97. The van der Waals surface area contributed by atoms with Crippen LogP contribution in [0, 0.1) is 0 Å². The van der Waals surface area contributed by atoms with Crippen molar-refractivity contribution in [2.75, 3.05) is 18.8 Å². The van der Waals surface area contributed by atoms with E-state index >= 15 is 0 Å². The average Bonchev–Trinajstić information content (AvgIpc) is 2.56. The third kappa shape index (κ3) is 1.71. The van der Waals surface area contributed by atoms with Crippen molar-refractivity contribution in [3.8, 4) is 5.75 Å². The van der Waals surface area contributed by atoms with Gasteiger partial charge in [-0.25, -0.2) is 9.34 Å². The van der Waals surface area contributed by atoms with Gasteiger partial charge in [0.2, 0.25) is 5.91 Å². The number of anilines is 1. The Morgan fingerprint density at radius 3 is 2.67 bits per heavy atom. The van der Waals surface area contributed by atoms with E-state index in [2.05, 4.69) is 0 Å². The second kappa shape index (κ2) is 3.80. The van der Waals surface area contributed by atoms with Gasteiger partial charge in [-0.3, -0.25) is 4.79 Å². The van der Waals surface area contributed by atoms with Crippen LogP contribution in [-0.2, 0) is 4.79 Å². The van der Waals surface area contributed by atoms with Crippen LogP contribution in [0.3, 0.4) is 0 Å². The monoisotopic (exact) mass is 224 g/mol. The van der Waals surface area contributed by atoms with Gasteiger partial charge in [-0.05, 0) is 26.2 Å². The summed E-state index contributed by atoms with van der Waals surface area (Å²) in [6.45, 7) is 1.56. The largest absolute Gasteiger partial charge is 0.438 e. The molecule has 1 atom stereocenters. The first-order valence-corrected chi connectivity index (χ1v) is 5.82. The number of benzene rings is 1. The van der Waals surface area contributed by atoms with Gasteiger partial charge in [0.1, 0.15) is 0 Å². The molecule has 0 saturated carbocycles. The Morgan fingerprint density at radius 2 is 2.07 bits per heavy atom. The summed E-state index contributed by atoms with van der Waals surface area (Å²) in [5, 5.41) is 0. The Morgan fingerprint density at radius 1 is 1.40 bits per heavy atom. The summed E-state index contributed by atoms with van der Waals surface area (Å²) in [5.41, 5.74) is 0.866. The Labute approximate surface area is 90.4 Å². The van der Waals surface area contributed by atoms with Crippen LogP contribution >= 0.6 is 8.45 Å². The van der Waals surface area contributed by atoms with Gasteiger partial charge in [0, 0.05) is 6.92 Å². The summed E-state index contributed by atoms with van der Waals surface area (Å²) >= 11 is 0. The van der Waals surface area contributed by atoms with E-state index in [4.69, 9.17) is 4.52 Å². The molecule has 0 saturated heterocycles. The number of amides is 1. The molecule has 5 heteroatoms. The van der Waals surface area contributed by atoms with Crippen LogP contribution in [0.2, 0.25) is 0 Å². The van der Waals surface area contributed by atoms with Crippen LogP contribution in [0.1, 0.15) is 6.92 Å². The minimum Gasteiger partial charge on any atom is -0.438 e. The zero-order chi connectivity index (χ0) is 11.0. The van der Waals surface area contributed by atoms with Crippen molar-refractivity contribution in [3.63, 3.8) is 0 Å². The highest BCUT2D eigenvalue weighted by molar-refractivity contribution is 7.54. The zero-order valence-electron chi connectivity index (χ0n) is 8.97. The molecule has 1 unspecified atom stereocenters. The van der Waals surface area contributed by atoms with Crippen molar-refractivity contribution in [3.05, 3.63) is 24.3 Å². The van der Waals surface area contributed by atoms with Crippen LogP contribution in [0.5, 0.6) is 5.75 Å². The van der Waals surface area contributed by atoms with E-state index in [9.17, 15) is 4.79 Å². The fourth-order valence-corrected chi connectivity index (χ4v) is 3.00. The molecule has 1 aromatic rings. The second-order valence-electron chi connectivity index (χ2n) is 3.49. The van der Waals surface area contributed by atoms with E-state index < -0.39 is 8.45 Å². The van der Waals surface area contributed by atoms with Crippen molar-refractivity contribution in [2.24, 2.45) is 0 Å². The number of carbonyl (C=O) groups excluding carboxylic acids is 1. The molecule has 0 radical (unpaired) electrons. The predicted octanol–water partition coefficient (Wildman–Crippen LogP) is 2.22. The highest BCUT2D eigenvalue weighted by Crippen LogP contribution is 2.56. The molecular weight excluding hydrogens is 211 g/mol. The molecule has 4 nitrogen and oxygen atoms in total. The van der Waals surface area contributed by atoms with Crippen molar-refractivity contribution in [1.82, 2.24) is 4.67 Å². The van der Waals surface area contributed by atoms with E-state index in [1.807, 2.05) is 43.0 Å². The van der Waals surface area contributed by atoms with Gasteiger partial charge in [0.15, 0.2) is 5.75 Å². The second-order valence-corrected chi connectivity index (χ2v) is 5.38. The molecule has 1 aliphatic rings. The van der Waals surface area contributed by atoms with Crippen LogP contribution in [0.15, 0.2) is 24.3 Å². The molecule has 0 N–H and O–H groups in total. The van der Waals surface area contributed by atoms with Crippen LogP contribution < -0.4 is 9.19 Å². The number of hydrogen-bond acceptors (Lipinski definition) is 3. The van der Waals surface area contributed by atoms with E-state index in [1.54, 1.807) is 11.6 Å². The minimum atomic E-state index is -1.02. The van der Waals surface area contributed by atoms with Gasteiger partial charge in [0.05, 0.1) is 5.69 Å². The summed E-state index contributed by atoms with van der Waals surface area (Å²) in [7, 11) is 2.80. The Hall–Kier alpha value is -1.12. The molecule has 1 aromatic carbocycles. The van der Waals surface area contributed by atoms with E-state index in [-0.39, 0.29) is 5.91 Å². The number of rotatable bonds is 1. The number of nitrogens with zero attached hydrogens (tertiary/aromatic N) is 2. The van der Waals surface area contributed by atoms with Crippen LogP contribution in [-0.4, -0.2) is 24.7 Å². The third-order valence-electron chi connectivity index (χ3n) is 2.08. The summed E-state index contributed by atoms with van der Waals surface area (Å²) in [5.74, 6) is 0.798. The molecule has 1 heterocycles. The molecule has 15 heavy (non-hydrogen) atoms. The summed E-state index contributed by atoms with van der Waals surface area (Å²) in [6, 6.07) is 7.61. The summed E-state index contributed by atoms with van der Waals surface area (Å²) in [6.07, 6.45) is 0. The normalized spacial score (nSPS) is 18.9. The number of carbonyl (C=O) groups is 1. The molecule has 0 aromatic heterocycles. The Kier molecular flexibility index (Phi) is 2.63. The van der Waals surface area contributed by atoms with Crippen molar-refractivity contribution in [2.45, 2.75) is 6.92 Å². The standard InChI is InChI=1S/C10H13N2O2P/c1-8(13)12-9-6-4-5-7-10(9)14-15(12)11(2)3/h4-7H,1-3H3. The maximum atomic E-state index is 11.6. The van der Waals surface area contributed by atoms with Gasteiger partial charge < -0.3 is 4.52 Å². The highest BCUT2D eigenvalue weighted by atomic mass is 31.2. The minimum absolute atomic E-state index is 0.0137. The van der Waals surface area contributed by atoms with E-state index in [0.717, 1.165) is 11.4 Å². The first kappa shape index (κ1) is 10.4. The Bertz CT molecular complexity index is 395. The maximum absolute atomic E-state index is 11.6. The summed E-state index contributed by atoms with van der Waals surface area (Å²) in [4.78, 5) is 11.6. The smallest absolute Gasteiger partial charge is 0.285 e. The van der Waals surface area contributed by atoms with Crippen molar-refractivity contribution in [1.29, 1.82) is 0 Å².